The minimum Gasteiger partial charge on any atom is -0.356 e. The van der Waals surface area contributed by atoms with E-state index in [1.165, 1.54) is 0 Å². The average molecular weight is 274 g/mol. The van der Waals surface area contributed by atoms with Gasteiger partial charge in [0.1, 0.15) is 0 Å². The first-order chi connectivity index (χ1) is 9.70. The van der Waals surface area contributed by atoms with E-state index >= 15 is 0 Å². The molecule has 0 unspecified atom stereocenters. The molecule has 0 amide bonds. The smallest absolute Gasteiger partial charge is 0.191 e. The number of hydrogen-bond donors (Lipinski definition) is 2. The van der Waals surface area contributed by atoms with Crippen LogP contribution in [0.4, 0.5) is 0 Å². The summed E-state index contributed by atoms with van der Waals surface area (Å²) >= 11 is 0. The van der Waals surface area contributed by atoms with Gasteiger partial charge in [0.2, 0.25) is 0 Å². The lowest BCUT2D eigenvalue weighted by atomic mass is 10.1. The predicted octanol–water partition coefficient (Wildman–Crippen LogP) is 1.44. The van der Waals surface area contributed by atoms with E-state index in [9.17, 15) is 0 Å². The molecule has 0 saturated heterocycles. The number of aliphatic imine (C=N–C) groups is 1. The fraction of sp³-hybridized carbons (Fsp3) is 0.500. The van der Waals surface area contributed by atoms with Gasteiger partial charge in [0.25, 0.3) is 0 Å². The molecule has 0 atom stereocenters. The van der Waals surface area contributed by atoms with Crippen LogP contribution in [0.25, 0.3) is 5.65 Å². The largest absolute Gasteiger partial charge is 0.356 e. The number of pyridine rings is 1. The first-order valence-electron chi connectivity index (χ1n) is 6.94. The highest BCUT2D eigenvalue weighted by Crippen LogP contribution is 2.02. The Kier molecular flexibility index (Phi) is 4.92. The van der Waals surface area contributed by atoms with Gasteiger partial charge in [-0.15, -0.1) is 10.2 Å². The van der Waals surface area contributed by atoms with Gasteiger partial charge in [-0.25, -0.2) is 0 Å². The summed E-state index contributed by atoms with van der Waals surface area (Å²) in [4.78, 5) is 4.20. The van der Waals surface area contributed by atoms with Gasteiger partial charge in [-0.2, -0.15) is 0 Å². The monoisotopic (exact) mass is 274 g/mol. The molecule has 0 bridgehead atoms. The van der Waals surface area contributed by atoms with Crippen LogP contribution in [0.15, 0.2) is 29.4 Å². The van der Waals surface area contributed by atoms with Gasteiger partial charge in [-0.05, 0) is 24.5 Å². The molecule has 2 aromatic heterocycles. The summed E-state index contributed by atoms with van der Waals surface area (Å²) in [5.74, 6) is 2.34. The summed E-state index contributed by atoms with van der Waals surface area (Å²) in [5.41, 5.74) is 0.854. The summed E-state index contributed by atoms with van der Waals surface area (Å²) in [7, 11) is 1.77. The molecule has 0 aromatic carbocycles. The van der Waals surface area contributed by atoms with Crippen molar-refractivity contribution in [3.8, 4) is 0 Å². The lowest BCUT2D eigenvalue weighted by Gasteiger charge is -2.12. The topological polar surface area (TPSA) is 66.6 Å². The maximum Gasteiger partial charge on any atom is 0.191 e. The minimum atomic E-state index is 0.590. The highest BCUT2D eigenvalue weighted by molar-refractivity contribution is 5.79. The first kappa shape index (κ1) is 14.3. The van der Waals surface area contributed by atoms with Gasteiger partial charge < -0.3 is 10.6 Å². The van der Waals surface area contributed by atoms with Crippen molar-refractivity contribution in [2.24, 2.45) is 10.9 Å². The van der Waals surface area contributed by atoms with Crippen LogP contribution >= 0.6 is 0 Å². The Morgan fingerprint density at radius 2 is 2.15 bits per heavy atom. The number of fused-ring (bicyclic) bond motifs is 1. The van der Waals surface area contributed by atoms with Crippen LogP contribution in [0.5, 0.6) is 0 Å². The summed E-state index contributed by atoms with van der Waals surface area (Å²) < 4.78 is 1.97. The molecule has 0 aliphatic carbocycles. The molecule has 2 rings (SSSR count). The molecule has 0 fully saturated rings. The second kappa shape index (κ2) is 6.88. The summed E-state index contributed by atoms with van der Waals surface area (Å²) in [6.45, 7) is 5.92. The number of rotatable bonds is 5. The molecular weight excluding hydrogens is 252 g/mol. The van der Waals surface area contributed by atoms with E-state index in [2.05, 4.69) is 39.7 Å². The third-order valence-corrected chi connectivity index (χ3v) is 3.04. The van der Waals surface area contributed by atoms with Crippen molar-refractivity contribution < 1.29 is 0 Å². The third kappa shape index (κ3) is 3.69. The van der Waals surface area contributed by atoms with E-state index in [0.29, 0.717) is 12.5 Å². The molecule has 2 N–H and O–H groups in total. The maximum atomic E-state index is 4.20. The Hall–Kier alpha value is -2.11. The van der Waals surface area contributed by atoms with Crippen molar-refractivity contribution in [3.63, 3.8) is 0 Å². The van der Waals surface area contributed by atoms with Crippen LogP contribution in [0.3, 0.4) is 0 Å². The normalized spacial score (nSPS) is 12.1. The van der Waals surface area contributed by atoms with Gasteiger partial charge in [-0.1, -0.05) is 19.9 Å². The highest BCUT2D eigenvalue weighted by Gasteiger charge is 2.05. The van der Waals surface area contributed by atoms with Crippen LogP contribution in [0.2, 0.25) is 0 Å². The Labute approximate surface area is 119 Å². The van der Waals surface area contributed by atoms with Crippen LogP contribution in [0.1, 0.15) is 26.1 Å². The molecule has 2 heterocycles. The molecule has 0 aliphatic rings. The number of nitrogens with one attached hydrogen (secondary N) is 2. The SMILES string of the molecule is CN=C(NCCC(C)C)NCc1nnc2ccccn12. The third-order valence-electron chi connectivity index (χ3n) is 3.04. The van der Waals surface area contributed by atoms with E-state index in [0.717, 1.165) is 30.4 Å². The molecule has 0 spiro atoms. The second-order valence-electron chi connectivity index (χ2n) is 5.08. The average Bonchev–Trinajstić information content (AvgIpc) is 2.85. The lowest BCUT2D eigenvalue weighted by Crippen LogP contribution is -2.38. The van der Waals surface area contributed by atoms with Crippen molar-refractivity contribution in [2.75, 3.05) is 13.6 Å². The van der Waals surface area contributed by atoms with Gasteiger partial charge in [-0.3, -0.25) is 9.39 Å². The Morgan fingerprint density at radius 1 is 1.30 bits per heavy atom. The molecule has 6 nitrogen and oxygen atoms in total. The molecular formula is C14H22N6. The van der Waals surface area contributed by atoms with E-state index in [1.54, 1.807) is 7.05 Å². The Balaban J connectivity index is 1.90. The molecule has 20 heavy (non-hydrogen) atoms. The van der Waals surface area contributed by atoms with Crippen LogP contribution in [0, 0.1) is 5.92 Å². The summed E-state index contributed by atoms with van der Waals surface area (Å²) in [5, 5.41) is 14.8. The zero-order valence-corrected chi connectivity index (χ0v) is 12.3. The van der Waals surface area contributed by atoms with Crippen molar-refractivity contribution >= 4 is 11.6 Å². The highest BCUT2D eigenvalue weighted by atomic mass is 15.3. The van der Waals surface area contributed by atoms with E-state index in [-0.39, 0.29) is 0 Å². The van der Waals surface area contributed by atoms with Crippen molar-refractivity contribution in [3.05, 3.63) is 30.2 Å². The van der Waals surface area contributed by atoms with Crippen LogP contribution in [-0.4, -0.2) is 34.2 Å². The van der Waals surface area contributed by atoms with Gasteiger partial charge >= 0.3 is 0 Å². The standard InChI is InChI=1S/C14H22N6/c1-11(2)7-8-16-14(15-3)17-10-13-19-18-12-6-4-5-9-20(12)13/h4-6,9,11H,7-8,10H2,1-3H3,(H2,15,16,17). The number of nitrogens with zero attached hydrogens (tertiary/aromatic N) is 4. The van der Waals surface area contributed by atoms with Crippen molar-refractivity contribution in [1.29, 1.82) is 0 Å². The molecule has 108 valence electrons. The number of hydrogen-bond acceptors (Lipinski definition) is 3. The molecule has 2 aromatic rings. The first-order valence-corrected chi connectivity index (χ1v) is 6.94. The van der Waals surface area contributed by atoms with Gasteiger partial charge in [0.05, 0.1) is 6.54 Å². The summed E-state index contributed by atoms with van der Waals surface area (Å²) in [6.07, 6.45) is 3.08. The molecule has 0 saturated carbocycles. The summed E-state index contributed by atoms with van der Waals surface area (Å²) in [6, 6.07) is 5.86. The predicted molar refractivity (Wildman–Crippen MR) is 80.6 cm³/mol. The second-order valence-corrected chi connectivity index (χ2v) is 5.08. The van der Waals surface area contributed by atoms with Crippen molar-refractivity contribution in [1.82, 2.24) is 25.2 Å². The maximum absolute atomic E-state index is 4.20. The van der Waals surface area contributed by atoms with Crippen LogP contribution < -0.4 is 10.6 Å². The lowest BCUT2D eigenvalue weighted by molar-refractivity contribution is 0.573. The number of guanidine groups is 1. The fourth-order valence-corrected chi connectivity index (χ4v) is 1.87. The Morgan fingerprint density at radius 3 is 2.90 bits per heavy atom. The zero-order valence-electron chi connectivity index (χ0n) is 12.3. The van der Waals surface area contributed by atoms with E-state index in [1.807, 2.05) is 28.8 Å². The molecule has 6 heteroatoms. The van der Waals surface area contributed by atoms with Crippen LogP contribution in [-0.2, 0) is 6.54 Å². The zero-order chi connectivity index (χ0) is 14.4. The Bertz CT molecular complexity index is 572. The van der Waals surface area contributed by atoms with Gasteiger partial charge in [0, 0.05) is 19.8 Å². The fourth-order valence-electron chi connectivity index (χ4n) is 1.87. The van der Waals surface area contributed by atoms with E-state index in [4.69, 9.17) is 0 Å². The molecule has 0 radical (unpaired) electrons. The quantitative estimate of drug-likeness (QED) is 0.639. The van der Waals surface area contributed by atoms with Crippen molar-refractivity contribution in [2.45, 2.75) is 26.8 Å². The van der Waals surface area contributed by atoms with E-state index < -0.39 is 0 Å². The number of aromatic nitrogens is 3. The van der Waals surface area contributed by atoms with Gasteiger partial charge in [0.15, 0.2) is 17.4 Å². The minimum absolute atomic E-state index is 0.590. The molecule has 0 aliphatic heterocycles.